The van der Waals surface area contributed by atoms with Gasteiger partial charge < -0.3 is 4.98 Å². The Morgan fingerprint density at radius 1 is 0.950 bits per heavy atom. The van der Waals surface area contributed by atoms with Gasteiger partial charge in [-0.3, -0.25) is 0 Å². The molecule has 0 aliphatic carbocycles. The third kappa shape index (κ3) is 2.59. The number of aromatic nitrogens is 1. The van der Waals surface area contributed by atoms with Crippen LogP contribution in [0.3, 0.4) is 0 Å². The number of fused-ring (bicyclic) bond motifs is 1. The molecule has 0 saturated heterocycles. The third-order valence-electron chi connectivity index (χ3n) is 3.15. The van der Waals surface area contributed by atoms with E-state index in [0.29, 0.717) is 0 Å². The number of nitrogens with one attached hydrogen (secondary N) is 2. The van der Waals surface area contributed by atoms with Crippen LogP contribution >= 0.6 is 0 Å². The van der Waals surface area contributed by atoms with Gasteiger partial charge in [0.1, 0.15) is 0 Å². The normalized spacial score (nSPS) is 11.8. The molecule has 4 nitrogen and oxygen atoms in total. The highest BCUT2D eigenvalue weighted by Gasteiger charge is 2.14. The fourth-order valence-electron chi connectivity index (χ4n) is 2.07. The van der Waals surface area contributed by atoms with Gasteiger partial charge in [0.05, 0.1) is 11.4 Å². The van der Waals surface area contributed by atoms with Gasteiger partial charge in [0, 0.05) is 11.9 Å². The molecular formula is C15H14N2O2S. The first kappa shape index (κ1) is 12.9. The molecule has 0 unspecified atom stereocenters. The van der Waals surface area contributed by atoms with Crippen molar-refractivity contribution in [2.24, 2.45) is 0 Å². The van der Waals surface area contributed by atoms with Crippen LogP contribution in [0, 0.1) is 0 Å². The topological polar surface area (TPSA) is 62.0 Å². The van der Waals surface area contributed by atoms with E-state index in [0.717, 1.165) is 16.5 Å². The number of hydrogen-bond donors (Lipinski definition) is 2. The molecule has 2 aromatic carbocycles. The SMILES string of the molecule is O=S(=O)(NCc1ccc[nH]1)c1ccc2ccccc2c1. The number of aromatic amines is 1. The number of hydrogen-bond acceptors (Lipinski definition) is 2. The lowest BCUT2D eigenvalue weighted by Crippen LogP contribution is -2.23. The summed E-state index contributed by atoms with van der Waals surface area (Å²) < 4.78 is 27.1. The summed E-state index contributed by atoms with van der Waals surface area (Å²) in [6.45, 7) is 0.252. The third-order valence-corrected chi connectivity index (χ3v) is 4.55. The van der Waals surface area contributed by atoms with E-state index < -0.39 is 10.0 Å². The molecule has 1 aromatic heterocycles. The lowest BCUT2D eigenvalue weighted by molar-refractivity contribution is 0.581. The van der Waals surface area contributed by atoms with Crippen LogP contribution in [0.1, 0.15) is 5.69 Å². The molecule has 0 spiro atoms. The summed E-state index contributed by atoms with van der Waals surface area (Å²) in [4.78, 5) is 3.24. The van der Waals surface area contributed by atoms with E-state index >= 15 is 0 Å². The van der Waals surface area contributed by atoms with Crippen LogP contribution in [0.15, 0.2) is 65.7 Å². The van der Waals surface area contributed by atoms with Gasteiger partial charge in [0.15, 0.2) is 0 Å². The summed E-state index contributed by atoms with van der Waals surface area (Å²) in [5.74, 6) is 0. The van der Waals surface area contributed by atoms with Crippen molar-refractivity contribution in [3.8, 4) is 0 Å². The molecule has 0 saturated carbocycles. The maximum Gasteiger partial charge on any atom is 0.240 e. The van der Waals surface area contributed by atoms with Crippen molar-refractivity contribution >= 4 is 20.8 Å². The summed E-state index contributed by atoms with van der Waals surface area (Å²) in [6, 6.07) is 16.5. The summed E-state index contributed by atoms with van der Waals surface area (Å²) in [6.07, 6.45) is 1.76. The van der Waals surface area contributed by atoms with Gasteiger partial charge in [-0.2, -0.15) is 0 Å². The first-order chi connectivity index (χ1) is 9.65. The molecule has 0 radical (unpaired) electrons. The standard InChI is InChI=1S/C15H14N2O2S/c18-20(19,17-11-14-6-3-9-16-14)15-8-7-12-4-1-2-5-13(12)10-15/h1-10,16-17H,11H2. The molecule has 0 aliphatic rings. The molecular weight excluding hydrogens is 272 g/mol. The second kappa shape index (κ2) is 5.11. The van der Waals surface area contributed by atoms with E-state index in [-0.39, 0.29) is 11.4 Å². The lowest BCUT2D eigenvalue weighted by Gasteiger charge is -2.07. The minimum atomic E-state index is -3.50. The van der Waals surface area contributed by atoms with Crippen molar-refractivity contribution in [1.29, 1.82) is 0 Å². The van der Waals surface area contributed by atoms with Crippen LogP contribution < -0.4 is 4.72 Å². The van der Waals surface area contributed by atoms with Gasteiger partial charge in [-0.05, 0) is 35.0 Å². The monoisotopic (exact) mass is 286 g/mol. The molecule has 0 fully saturated rings. The van der Waals surface area contributed by atoms with Crippen molar-refractivity contribution in [3.63, 3.8) is 0 Å². The maximum absolute atomic E-state index is 12.2. The van der Waals surface area contributed by atoms with Crippen LogP contribution in [0.2, 0.25) is 0 Å². The Balaban J connectivity index is 1.88. The number of rotatable bonds is 4. The Bertz CT molecular complexity index is 824. The number of benzene rings is 2. The molecule has 0 amide bonds. The first-order valence-corrected chi connectivity index (χ1v) is 7.74. The highest BCUT2D eigenvalue weighted by atomic mass is 32.2. The average Bonchev–Trinajstić information content (AvgIpc) is 2.98. The van der Waals surface area contributed by atoms with E-state index in [9.17, 15) is 8.42 Å². The average molecular weight is 286 g/mol. The molecule has 3 aromatic rings. The van der Waals surface area contributed by atoms with Crippen LogP contribution in [0.25, 0.3) is 10.8 Å². The smallest absolute Gasteiger partial charge is 0.240 e. The Hall–Kier alpha value is -2.11. The molecule has 0 aliphatic heterocycles. The first-order valence-electron chi connectivity index (χ1n) is 6.26. The van der Waals surface area contributed by atoms with Crippen molar-refractivity contribution in [2.75, 3.05) is 0 Å². The predicted molar refractivity (Wildman–Crippen MR) is 78.8 cm³/mol. The minimum absolute atomic E-state index is 0.252. The van der Waals surface area contributed by atoms with E-state index in [1.165, 1.54) is 0 Å². The fraction of sp³-hybridized carbons (Fsp3) is 0.0667. The highest BCUT2D eigenvalue weighted by molar-refractivity contribution is 7.89. The molecule has 1 heterocycles. The lowest BCUT2D eigenvalue weighted by atomic mass is 10.1. The van der Waals surface area contributed by atoms with Crippen molar-refractivity contribution in [3.05, 3.63) is 66.5 Å². The quantitative estimate of drug-likeness (QED) is 0.774. The van der Waals surface area contributed by atoms with E-state index in [1.807, 2.05) is 42.5 Å². The van der Waals surface area contributed by atoms with Crippen LogP contribution in [-0.4, -0.2) is 13.4 Å². The van der Waals surface area contributed by atoms with Crippen LogP contribution in [0.5, 0.6) is 0 Å². The van der Waals surface area contributed by atoms with Gasteiger partial charge in [0.25, 0.3) is 0 Å². The number of H-pyrrole nitrogens is 1. The molecule has 2 N–H and O–H groups in total. The van der Waals surface area contributed by atoms with Gasteiger partial charge in [0.2, 0.25) is 10.0 Å². The van der Waals surface area contributed by atoms with Crippen molar-refractivity contribution in [1.82, 2.24) is 9.71 Å². The predicted octanol–water partition coefficient (Wildman–Crippen LogP) is 2.65. The second-order valence-corrected chi connectivity index (χ2v) is 6.30. The van der Waals surface area contributed by atoms with E-state index in [1.54, 1.807) is 18.3 Å². The molecule has 102 valence electrons. The molecule has 5 heteroatoms. The van der Waals surface area contributed by atoms with Crippen LogP contribution in [0.4, 0.5) is 0 Å². The Kier molecular flexibility index (Phi) is 3.30. The largest absolute Gasteiger partial charge is 0.364 e. The molecule has 20 heavy (non-hydrogen) atoms. The van der Waals surface area contributed by atoms with E-state index in [2.05, 4.69) is 9.71 Å². The zero-order chi connectivity index (χ0) is 14.0. The Labute approximate surface area is 117 Å². The highest BCUT2D eigenvalue weighted by Crippen LogP contribution is 2.18. The molecule has 3 rings (SSSR count). The number of sulfonamides is 1. The van der Waals surface area contributed by atoms with Gasteiger partial charge in [-0.15, -0.1) is 0 Å². The summed E-state index contributed by atoms with van der Waals surface area (Å²) in [5.41, 5.74) is 0.828. The second-order valence-electron chi connectivity index (χ2n) is 4.53. The molecule has 0 bridgehead atoms. The van der Waals surface area contributed by atoms with Gasteiger partial charge in [-0.1, -0.05) is 30.3 Å². The van der Waals surface area contributed by atoms with Crippen molar-refractivity contribution < 1.29 is 8.42 Å². The Morgan fingerprint density at radius 2 is 1.75 bits per heavy atom. The van der Waals surface area contributed by atoms with Gasteiger partial charge in [-0.25, -0.2) is 13.1 Å². The van der Waals surface area contributed by atoms with E-state index in [4.69, 9.17) is 0 Å². The Morgan fingerprint density at radius 3 is 2.50 bits per heavy atom. The summed E-state index contributed by atoms with van der Waals surface area (Å²) >= 11 is 0. The maximum atomic E-state index is 12.2. The molecule has 0 atom stereocenters. The van der Waals surface area contributed by atoms with Crippen molar-refractivity contribution in [2.45, 2.75) is 11.4 Å². The zero-order valence-electron chi connectivity index (χ0n) is 10.7. The van der Waals surface area contributed by atoms with Gasteiger partial charge >= 0.3 is 0 Å². The minimum Gasteiger partial charge on any atom is -0.364 e. The van der Waals surface area contributed by atoms with Crippen LogP contribution in [-0.2, 0) is 16.6 Å². The zero-order valence-corrected chi connectivity index (χ0v) is 11.5. The summed E-state index contributed by atoms with van der Waals surface area (Å²) in [5, 5.41) is 1.94. The summed E-state index contributed by atoms with van der Waals surface area (Å²) in [7, 11) is -3.50. The fourth-order valence-corrected chi connectivity index (χ4v) is 3.11.